The SMILES string of the molecule is C[C@H](C(=O)NN)c1ncc(C(F)(F)F)cc1Cl. The second kappa shape index (κ2) is 4.89. The van der Waals surface area contributed by atoms with Gasteiger partial charge < -0.3 is 0 Å². The van der Waals surface area contributed by atoms with Crippen LogP contribution in [0.4, 0.5) is 13.2 Å². The third kappa shape index (κ3) is 3.07. The number of rotatable bonds is 2. The molecule has 8 heteroatoms. The zero-order chi connectivity index (χ0) is 13.2. The molecule has 4 nitrogen and oxygen atoms in total. The highest BCUT2D eigenvalue weighted by atomic mass is 35.5. The summed E-state index contributed by atoms with van der Waals surface area (Å²) in [5.41, 5.74) is 0.953. The molecule has 0 saturated heterocycles. The van der Waals surface area contributed by atoms with Crippen LogP contribution >= 0.6 is 11.6 Å². The summed E-state index contributed by atoms with van der Waals surface area (Å²) >= 11 is 5.65. The second-order valence-corrected chi connectivity index (χ2v) is 3.73. The maximum atomic E-state index is 12.3. The van der Waals surface area contributed by atoms with Crippen molar-refractivity contribution in [3.8, 4) is 0 Å². The van der Waals surface area contributed by atoms with Gasteiger partial charge in [0.25, 0.3) is 0 Å². The summed E-state index contributed by atoms with van der Waals surface area (Å²) in [6.45, 7) is 1.43. The quantitative estimate of drug-likeness (QED) is 0.488. The molecular weight excluding hydrogens is 259 g/mol. The van der Waals surface area contributed by atoms with Crippen molar-refractivity contribution in [1.29, 1.82) is 0 Å². The lowest BCUT2D eigenvalue weighted by Gasteiger charge is -2.13. The van der Waals surface area contributed by atoms with Crippen LogP contribution in [0.5, 0.6) is 0 Å². The van der Waals surface area contributed by atoms with Gasteiger partial charge in [-0.2, -0.15) is 13.2 Å². The second-order valence-electron chi connectivity index (χ2n) is 3.32. The molecule has 94 valence electrons. The number of nitrogens with one attached hydrogen (secondary N) is 1. The van der Waals surface area contributed by atoms with Gasteiger partial charge in [-0.1, -0.05) is 11.6 Å². The average Bonchev–Trinajstić information content (AvgIpc) is 2.25. The van der Waals surface area contributed by atoms with Crippen molar-refractivity contribution < 1.29 is 18.0 Å². The van der Waals surface area contributed by atoms with E-state index in [1.807, 2.05) is 5.43 Å². The van der Waals surface area contributed by atoms with Crippen molar-refractivity contribution in [2.75, 3.05) is 0 Å². The molecule has 0 spiro atoms. The number of hydrogen-bond donors (Lipinski definition) is 2. The molecule has 1 amide bonds. The third-order valence-electron chi connectivity index (χ3n) is 2.14. The summed E-state index contributed by atoms with van der Waals surface area (Å²) in [5.74, 6) is 3.50. The van der Waals surface area contributed by atoms with Crippen LogP contribution in [-0.4, -0.2) is 10.9 Å². The van der Waals surface area contributed by atoms with Gasteiger partial charge in [0.15, 0.2) is 0 Å². The molecule has 1 aromatic rings. The Balaban J connectivity index is 3.10. The molecule has 1 rings (SSSR count). The summed E-state index contributed by atoms with van der Waals surface area (Å²) < 4.78 is 37.0. The lowest BCUT2D eigenvalue weighted by Crippen LogP contribution is -2.34. The number of pyridine rings is 1. The number of amides is 1. The molecule has 0 aliphatic carbocycles. The zero-order valence-electron chi connectivity index (χ0n) is 8.68. The van der Waals surface area contributed by atoms with E-state index in [9.17, 15) is 18.0 Å². The van der Waals surface area contributed by atoms with E-state index < -0.39 is 23.6 Å². The summed E-state index contributed by atoms with van der Waals surface area (Å²) in [6, 6.07) is 0.726. The van der Waals surface area contributed by atoms with Gasteiger partial charge in [0, 0.05) is 6.20 Å². The van der Waals surface area contributed by atoms with Gasteiger partial charge in [-0.25, -0.2) is 5.84 Å². The molecule has 0 unspecified atom stereocenters. The Kier molecular flexibility index (Phi) is 3.94. The predicted molar refractivity (Wildman–Crippen MR) is 55.0 cm³/mol. The molecule has 1 aromatic heterocycles. The fourth-order valence-electron chi connectivity index (χ4n) is 1.17. The Labute approximate surface area is 99.9 Å². The minimum atomic E-state index is -4.52. The van der Waals surface area contributed by atoms with Gasteiger partial charge in [0.1, 0.15) is 0 Å². The number of nitrogens with two attached hydrogens (primary N) is 1. The van der Waals surface area contributed by atoms with Crippen LogP contribution in [0.3, 0.4) is 0 Å². The third-order valence-corrected chi connectivity index (χ3v) is 2.45. The summed E-state index contributed by atoms with van der Waals surface area (Å²) in [6.07, 6.45) is -3.89. The summed E-state index contributed by atoms with van der Waals surface area (Å²) in [5, 5.41) is -0.226. The number of halogens is 4. The first-order chi connectivity index (χ1) is 7.77. The van der Waals surface area contributed by atoms with E-state index >= 15 is 0 Å². The number of hydrazine groups is 1. The van der Waals surface area contributed by atoms with E-state index in [2.05, 4.69) is 4.98 Å². The summed E-state index contributed by atoms with van der Waals surface area (Å²) in [7, 11) is 0. The summed E-state index contributed by atoms with van der Waals surface area (Å²) in [4.78, 5) is 14.7. The Bertz CT molecular complexity index is 436. The maximum absolute atomic E-state index is 12.3. The molecule has 17 heavy (non-hydrogen) atoms. The first kappa shape index (κ1) is 13.7. The van der Waals surface area contributed by atoms with Crippen LogP contribution < -0.4 is 11.3 Å². The molecule has 0 aromatic carbocycles. The molecule has 0 saturated carbocycles. The van der Waals surface area contributed by atoms with E-state index in [1.165, 1.54) is 6.92 Å². The van der Waals surface area contributed by atoms with Gasteiger partial charge in [-0.3, -0.25) is 15.2 Å². The van der Waals surface area contributed by atoms with Crippen molar-refractivity contribution in [3.63, 3.8) is 0 Å². The number of aromatic nitrogens is 1. The van der Waals surface area contributed by atoms with Crippen molar-refractivity contribution >= 4 is 17.5 Å². The molecule has 0 fully saturated rings. The molecule has 1 atom stereocenters. The largest absolute Gasteiger partial charge is 0.417 e. The first-order valence-corrected chi connectivity index (χ1v) is 4.88. The Morgan fingerprint density at radius 1 is 1.59 bits per heavy atom. The van der Waals surface area contributed by atoms with Crippen LogP contribution in [0, 0.1) is 0 Å². The van der Waals surface area contributed by atoms with Crippen molar-refractivity contribution in [2.45, 2.75) is 19.0 Å². The van der Waals surface area contributed by atoms with Gasteiger partial charge in [-0.15, -0.1) is 0 Å². The number of carbonyl (C=O) groups is 1. The molecule has 0 aliphatic heterocycles. The molecule has 0 radical (unpaired) electrons. The maximum Gasteiger partial charge on any atom is 0.417 e. The minimum absolute atomic E-state index is 0.0441. The Morgan fingerprint density at radius 3 is 2.59 bits per heavy atom. The normalized spacial score (nSPS) is 13.3. The number of hydrogen-bond acceptors (Lipinski definition) is 3. The molecule has 3 N–H and O–H groups in total. The smallest absolute Gasteiger partial charge is 0.294 e. The van der Waals surface area contributed by atoms with Crippen LogP contribution in [-0.2, 0) is 11.0 Å². The monoisotopic (exact) mass is 267 g/mol. The fourth-order valence-corrected chi connectivity index (χ4v) is 1.50. The minimum Gasteiger partial charge on any atom is -0.294 e. The van der Waals surface area contributed by atoms with Crippen LogP contribution in [0.25, 0.3) is 0 Å². The van der Waals surface area contributed by atoms with Crippen molar-refractivity contribution in [3.05, 3.63) is 28.5 Å². The van der Waals surface area contributed by atoms with Gasteiger partial charge in [0.2, 0.25) is 5.91 Å². The molecular formula is C9H9ClF3N3O. The number of nitrogens with zero attached hydrogens (tertiary/aromatic N) is 1. The average molecular weight is 268 g/mol. The van der Waals surface area contributed by atoms with Crippen LogP contribution in [0.2, 0.25) is 5.02 Å². The lowest BCUT2D eigenvalue weighted by molar-refractivity contribution is -0.137. The molecule has 1 heterocycles. The van der Waals surface area contributed by atoms with E-state index in [-0.39, 0.29) is 10.7 Å². The Morgan fingerprint density at radius 2 is 2.18 bits per heavy atom. The number of carbonyl (C=O) groups excluding carboxylic acids is 1. The fraction of sp³-hybridized carbons (Fsp3) is 0.333. The first-order valence-electron chi connectivity index (χ1n) is 4.50. The van der Waals surface area contributed by atoms with Crippen LogP contribution in [0.15, 0.2) is 12.3 Å². The zero-order valence-corrected chi connectivity index (χ0v) is 9.43. The van der Waals surface area contributed by atoms with Crippen molar-refractivity contribution in [1.82, 2.24) is 10.4 Å². The van der Waals surface area contributed by atoms with Crippen molar-refractivity contribution in [2.24, 2.45) is 5.84 Å². The van der Waals surface area contributed by atoms with Crippen LogP contribution in [0.1, 0.15) is 24.1 Å². The highest BCUT2D eigenvalue weighted by Crippen LogP contribution is 2.32. The van der Waals surface area contributed by atoms with E-state index in [1.54, 1.807) is 0 Å². The standard InChI is InChI=1S/C9H9ClF3N3O/c1-4(8(17)16-14)7-6(10)2-5(3-15-7)9(11,12)13/h2-4H,14H2,1H3,(H,16,17)/t4-/m0/s1. The molecule has 0 bridgehead atoms. The highest BCUT2D eigenvalue weighted by Gasteiger charge is 2.32. The van der Waals surface area contributed by atoms with E-state index in [0.29, 0.717) is 6.20 Å². The van der Waals surface area contributed by atoms with Gasteiger partial charge >= 0.3 is 6.18 Å². The highest BCUT2D eigenvalue weighted by molar-refractivity contribution is 6.31. The van der Waals surface area contributed by atoms with Gasteiger partial charge in [-0.05, 0) is 13.0 Å². The molecule has 0 aliphatic rings. The topological polar surface area (TPSA) is 68.0 Å². The lowest BCUT2D eigenvalue weighted by atomic mass is 10.1. The predicted octanol–water partition coefficient (Wildman–Crippen LogP) is 1.85. The number of alkyl halides is 3. The Hall–Kier alpha value is -1.34. The van der Waals surface area contributed by atoms with Gasteiger partial charge in [0.05, 0.1) is 22.2 Å². The van der Waals surface area contributed by atoms with E-state index in [0.717, 1.165) is 6.07 Å². The van der Waals surface area contributed by atoms with E-state index in [4.69, 9.17) is 17.4 Å².